The van der Waals surface area contributed by atoms with E-state index in [9.17, 15) is 14.0 Å². The SMILES string of the molecule is COc1ccc(-c2ccc(C(=O)N[C@@H](Cc3c[nH]c4ccccc34)C(=O)Nc3ccncc3)c(F)c2)cc1F. The first kappa shape index (κ1) is 25.6. The van der Waals surface area contributed by atoms with Crippen LogP contribution in [0.5, 0.6) is 5.75 Å². The molecule has 0 unspecified atom stereocenters. The summed E-state index contributed by atoms with van der Waals surface area (Å²) in [5.74, 6) is -2.54. The van der Waals surface area contributed by atoms with Gasteiger partial charge in [-0.05, 0) is 59.2 Å². The number of H-pyrrole nitrogens is 1. The predicted molar refractivity (Wildman–Crippen MR) is 144 cm³/mol. The van der Waals surface area contributed by atoms with Gasteiger partial charge in [0, 0.05) is 41.6 Å². The van der Waals surface area contributed by atoms with Crippen molar-refractivity contribution in [1.29, 1.82) is 0 Å². The Labute approximate surface area is 222 Å². The van der Waals surface area contributed by atoms with Crippen LogP contribution in [-0.2, 0) is 11.2 Å². The average molecular weight is 527 g/mol. The van der Waals surface area contributed by atoms with E-state index in [0.29, 0.717) is 16.8 Å². The molecule has 9 heteroatoms. The number of halogens is 2. The molecule has 0 aliphatic heterocycles. The molecular weight excluding hydrogens is 502 g/mol. The highest BCUT2D eigenvalue weighted by Gasteiger charge is 2.25. The number of carbonyl (C=O) groups is 2. The molecule has 2 aromatic heterocycles. The Balaban J connectivity index is 1.40. The standard InChI is InChI=1S/C30H24F2N4O3/c1-39-28-9-7-19(15-25(28)32)18-6-8-23(24(31)14-18)29(37)36-27(30(38)35-21-10-12-33-13-11-21)16-20-17-34-26-5-3-2-4-22(20)26/h2-15,17,27,34H,16H2,1H3,(H,36,37)(H,33,35,38)/t27-/m0/s1. The van der Waals surface area contributed by atoms with Gasteiger partial charge in [0.1, 0.15) is 11.9 Å². The van der Waals surface area contributed by atoms with Gasteiger partial charge >= 0.3 is 0 Å². The zero-order valence-corrected chi connectivity index (χ0v) is 20.9. The highest BCUT2D eigenvalue weighted by molar-refractivity contribution is 6.02. The van der Waals surface area contributed by atoms with E-state index in [1.54, 1.807) is 24.4 Å². The minimum atomic E-state index is -1.01. The highest BCUT2D eigenvalue weighted by Crippen LogP contribution is 2.27. The predicted octanol–water partition coefficient (Wildman–Crippen LogP) is 5.50. The summed E-state index contributed by atoms with van der Waals surface area (Å²) in [6.07, 6.45) is 5.02. The lowest BCUT2D eigenvalue weighted by Gasteiger charge is -2.19. The Kier molecular flexibility index (Phi) is 7.31. The molecule has 0 fully saturated rings. The van der Waals surface area contributed by atoms with Crippen LogP contribution in [-0.4, -0.2) is 34.9 Å². The first-order valence-corrected chi connectivity index (χ1v) is 12.1. The maximum Gasteiger partial charge on any atom is 0.254 e. The van der Waals surface area contributed by atoms with Crippen LogP contribution >= 0.6 is 0 Å². The summed E-state index contributed by atoms with van der Waals surface area (Å²) in [5, 5.41) is 6.37. The number of benzene rings is 3. The Morgan fingerprint density at radius 3 is 2.38 bits per heavy atom. The van der Waals surface area contributed by atoms with Crippen LogP contribution in [0.4, 0.5) is 14.5 Å². The number of nitrogens with zero attached hydrogens (tertiary/aromatic N) is 1. The summed E-state index contributed by atoms with van der Waals surface area (Å²) in [6.45, 7) is 0. The third kappa shape index (κ3) is 5.62. The van der Waals surface area contributed by atoms with Crippen LogP contribution < -0.4 is 15.4 Å². The number of nitrogens with one attached hydrogen (secondary N) is 3. The summed E-state index contributed by atoms with van der Waals surface area (Å²) in [4.78, 5) is 33.5. The summed E-state index contributed by atoms with van der Waals surface area (Å²) in [5.41, 5.74) is 2.79. The molecule has 0 bridgehead atoms. The Morgan fingerprint density at radius 1 is 0.949 bits per heavy atom. The number of para-hydroxylation sites is 1. The maximum atomic E-state index is 15.1. The minimum absolute atomic E-state index is 0.0708. The second-order valence-corrected chi connectivity index (χ2v) is 8.86. The van der Waals surface area contributed by atoms with Crippen LogP contribution in [0.1, 0.15) is 15.9 Å². The lowest BCUT2D eigenvalue weighted by atomic mass is 10.0. The first-order valence-electron chi connectivity index (χ1n) is 12.1. The zero-order valence-electron chi connectivity index (χ0n) is 20.9. The van der Waals surface area contributed by atoms with E-state index in [4.69, 9.17) is 4.74 Å². The van der Waals surface area contributed by atoms with Gasteiger partial charge in [-0.2, -0.15) is 0 Å². The monoisotopic (exact) mass is 526 g/mol. The number of aromatic nitrogens is 2. The van der Waals surface area contributed by atoms with Crippen LogP contribution in [0.3, 0.4) is 0 Å². The fourth-order valence-electron chi connectivity index (χ4n) is 4.36. The molecule has 3 N–H and O–H groups in total. The molecular formula is C30H24F2N4O3. The van der Waals surface area contributed by atoms with Crippen molar-refractivity contribution < 1.29 is 23.1 Å². The number of aromatic amines is 1. The van der Waals surface area contributed by atoms with Crippen molar-refractivity contribution in [3.05, 3.63) is 114 Å². The second kappa shape index (κ2) is 11.1. The van der Waals surface area contributed by atoms with E-state index < -0.39 is 29.5 Å². The van der Waals surface area contributed by atoms with Crippen LogP contribution in [0, 0.1) is 11.6 Å². The molecule has 5 rings (SSSR count). The van der Waals surface area contributed by atoms with Gasteiger partial charge in [0.2, 0.25) is 5.91 Å². The van der Waals surface area contributed by atoms with Crippen molar-refractivity contribution in [3.8, 4) is 16.9 Å². The summed E-state index contributed by atoms with van der Waals surface area (Å²) in [7, 11) is 1.36. The molecule has 5 aromatic rings. The van der Waals surface area contributed by atoms with Gasteiger partial charge in [0.05, 0.1) is 12.7 Å². The fraction of sp³-hybridized carbons (Fsp3) is 0.100. The van der Waals surface area contributed by atoms with E-state index in [1.807, 2.05) is 24.3 Å². The van der Waals surface area contributed by atoms with E-state index >= 15 is 4.39 Å². The Morgan fingerprint density at radius 2 is 1.67 bits per heavy atom. The van der Waals surface area contributed by atoms with Crippen molar-refractivity contribution in [2.24, 2.45) is 0 Å². The lowest BCUT2D eigenvalue weighted by molar-refractivity contribution is -0.118. The molecule has 3 aromatic carbocycles. The molecule has 2 heterocycles. The molecule has 2 amide bonds. The maximum absolute atomic E-state index is 15.1. The van der Waals surface area contributed by atoms with Gasteiger partial charge in [0.25, 0.3) is 5.91 Å². The molecule has 0 radical (unpaired) electrons. The molecule has 7 nitrogen and oxygen atoms in total. The number of hydrogen-bond acceptors (Lipinski definition) is 4. The lowest BCUT2D eigenvalue weighted by Crippen LogP contribution is -2.45. The molecule has 1 atom stereocenters. The number of carbonyl (C=O) groups excluding carboxylic acids is 2. The molecule has 0 aliphatic rings. The fourth-order valence-corrected chi connectivity index (χ4v) is 4.36. The number of hydrogen-bond donors (Lipinski definition) is 3. The Bertz CT molecular complexity index is 1650. The van der Waals surface area contributed by atoms with E-state index in [2.05, 4.69) is 20.6 Å². The van der Waals surface area contributed by atoms with Gasteiger partial charge < -0.3 is 20.4 Å². The normalized spacial score (nSPS) is 11.7. The second-order valence-electron chi connectivity index (χ2n) is 8.86. The van der Waals surface area contributed by atoms with Crippen LogP contribution in [0.25, 0.3) is 22.0 Å². The first-order chi connectivity index (χ1) is 18.9. The quantitative estimate of drug-likeness (QED) is 0.249. The largest absolute Gasteiger partial charge is 0.494 e. The van der Waals surface area contributed by atoms with Gasteiger partial charge in [-0.15, -0.1) is 0 Å². The average Bonchev–Trinajstić information content (AvgIpc) is 3.35. The van der Waals surface area contributed by atoms with Gasteiger partial charge in [-0.25, -0.2) is 8.78 Å². The molecule has 0 saturated carbocycles. The van der Waals surface area contributed by atoms with Crippen molar-refractivity contribution in [3.63, 3.8) is 0 Å². The smallest absolute Gasteiger partial charge is 0.254 e. The van der Waals surface area contributed by atoms with Gasteiger partial charge in [0.15, 0.2) is 11.6 Å². The highest BCUT2D eigenvalue weighted by atomic mass is 19.1. The van der Waals surface area contributed by atoms with E-state index in [-0.39, 0.29) is 17.7 Å². The number of ether oxygens (including phenoxy) is 1. The number of anilines is 1. The molecule has 196 valence electrons. The number of methoxy groups -OCH3 is 1. The van der Waals surface area contributed by atoms with Crippen molar-refractivity contribution in [1.82, 2.24) is 15.3 Å². The number of amides is 2. The number of pyridine rings is 1. The van der Waals surface area contributed by atoms with Gasteiger partial charge in [-0.1, -0.05) is 30.3 Å². The van der Waals surface area contributed by atoms with Gasteiger partial charge in [-0.3, -0.25) is 14.6 Å². The Hall–Kier alpha value is -5.05. The van der Waals surface area contributed by atoms with Crippen molar-refractivity contribution >= 4 is 28.4 Å². The number of fused-ring (bicyclic) bond motifs is 1. The topological polar surface area (TPSA) is 96.1 Å². The summed E-state index contributed by atoms with van der Waals surface area (Å²) >= 11 is 0. The molecule has 0 saturated heterocycles. The van der Waals surface area contributed by atoms with Crippen molar-refractivity contribution in [2.75, 3.05) is 12.4 Å². The molecule has 39 heavy (non-hydrogen) atoms. The summed E-state index contributed by atoms with van der Waals surface area (Å²) in [6, 6.07) is 18.1. The van der Waals surface area contributed by atoms with E-state index in [1.165, 1.54) is 43.8 Å². The summed E-state index contributed by atoms with van der Waals surface area (Å²) < 4.78 is 34.2. The van der Waals surface area contributed by atoms with E-state index in [0.717, 1.165) is 22.5 Å². The van der Waals surface area contributed by atoms with Crippen molar-refractivity contribution in [2.45, 2.75) is 12.5 Å². The molecule has 0 spiro atoms. The minimum Gasteiger partial charge on any atom is -0.494 e. The third-order valence-electron chi connectivity index (χ3n) is 6.37. The van der Waals surface area contributed by atoms with Crippen LogP contribution in [0.2, 0.25) is 0 Å². The zero-order chi connectivity index (χ0) is 27.4. The third-order valence-corrected chi connectivity index (χ3v) is 6.37. The molecule has 0 aliphatic carbocycles. The van der Waals surface area contributed by atoms with Crippen LogP contribution in [0.15, 0.2) is 91.4 Å². The number of rotatable bonds is 8.